The van der Waals surface area contributed by atoms with Crippen molar-refractivity contribution in [2.75, 3.05) is 19.7 Å². The van der Waals surface area contributed by atoms with Gasteiger partial charge in [0.15, 0.2) is 0 Å². The summed E-state index contributed by atoms with van der Waals surface area (Å²) >= 11 is 1.66. The fraction of sp³-hybridized carbons (Fsp3) is 0.472. The number of aliphatic hydroxyl groups is 1. The lowest BCUT2D eigenvalue weighted by Gasteiger charge is -2.40. The predicted octanol–water partition coefficient (Wildman–Crippen LogP) is 4.91. The zero-order chi connectivity index (χ0) is 31.6. The number of fused-ring (bicyclic) bond motifs is 1. The first kappa shape index (κ1) is 32.0. The van der Waals surface area contributed by atoms with E-state index in [-0.39, 0.29) is 30.2 Å². The fourth-order valence-electron chi connectivity index (χ4n) is 7.75. The molecule has 2 unspecified atom stereocenters. The van der Waals surface area contributed by atoms with Crippen LogP contribution in [0.2, 0.25) is 0 Å². The van der Waals surface area contributed by atoms with Crippen molar-refractivity contribution in [1.82, 2.24) is 14.7 Å². The quantitative estimate of drug-likeness (QED) is 0.324. The van der Waals surface area contributed by atoms with Crippen LogP contribution in [0, 0.1) is 17.8 Å². The van der Waals surface area contributed by atoms with E-state index in [2.05, 4.69) is 20.1 Å². The number of benzene rings is 2. The van der Waals surface area contributed by atoms with Crippen LogP contribution in [0.4, 0.5) is 0 Å². The molecule has 3 aliphatic heterocycles. The predicted molar refractivity (Wildman–Crippen MR) is 175 cm³/mol. The molecule has 0 saturated carbocycles. The second-order valence-electron chi connectivity index (χ2n) is 13.0. The van der Waals surface area contributed by atoms with Crippen LogP contribution >= 0.6 is 11.8 Å². The highest BCUT2D eigenvalue weighted by Gasteiger charge is 2.78. The van der Waals surface area contributed by atoms with E-state index in [0.717, 1.165) is 17.5 Å². The van der Waals surface area contributed by atoms with Crippen LogP contribution in [0.1, 0.15) is 44.7 Å². The molecule has 8 heteroatoms. The van der Waals surface area contributed by atoms with Crippen molar-refractivity contribution in [2.45, 2.75) is 68.3 Å². The number of carbonyl (C=O) groups is 3. The molecular weight excluding hydrogens is 570 g/mol. The van der Waals surface area contributed by atoms with Crippen LogP contribution in [-0.2, 0) is 27.5 Å². The van der Waals surface area contributed by atoms with Gasteiger partial charge in [0, 0.05) is 30.9 Å². The van der Waals surface area contributed by atoms with E-state index in [1.165, 1.54) is 0 Å². The fourth-order valence-corrected chi connectivity index (χ4v) is 10.1. The highest BCUT2D eigenvalue weighted by atomic mass is 32.2. The molecule has 6 atom stereocenters. The smallest absolute Gasteiger partial charge is 0.247 e. The first-order chi connectivity index (χ1) is 21.1. The molecule has 2 aromatic carbocycles. The molecule has 44 heavy (non-hydrogen) atoms. The molecular formula is C36H45N3O4S. The number of rotatable bonds is 13. The third-order valence-corrected chi connectivity index (χ3v) is 11.8. The average molecular weight is 616 g/mol. The van der Waals surface area contributed by atoms with Gasteiger partial charge in [-0.3, -0.25) is 14.4 Å². The van der Waals surface area contributed by atoms with Gasteiger partial charge >= 0.3 is 0 Å². The topological polar surface area (TPSA) is 81.2 Å². The van der Waals surface area contributed by atoms with E-state index in [1.807, 2.05) is 74.5 Å². The average Bonchev–Trinajstić information content (AvgIpc) is 3.58. The summed E-state index contributed by atoms with van der Waals surface area (Å²) in [6.45, 7) is 15.1. The van der Waals surface area contributed by atoms with Gasteiger partial charge in [-0.15, -0.1) is 24.9 Å². The van der Waals surface area contributed by atoms with Gasteiger partial charge in [0.05, 0.1) is 29.2 Å². The van der Waals surface area contributed by atoms with Gasteiger partial charge in [-0.1, -0.05) is 86.7 Å². The maximum atomic E-state index is 14.8. The van der Waals surface area contributed by atoms with Crippen molar-refractivity contribution >= 4 is 29.5 Å². The molecule has 0 radical (unpaired) electrons. The number of thioether (sulfide) groups is 1. The third-order valence-electron chi connectivity index (χ3n) is 9.78. The molecule has 5 rings (SSSR count). The van der Waals surface area contributed by atoms with Gasteiger partial charge in [-0.05, 0) is 36.8 Å². The van der Waals surface area contributed by atoms with Gasteiger partial charge in [-0.25, -0.2) is 0 Å². The summed E-state index contributed by atoms with van der Waals surface area (Å²) in [4.78, 5) is 49.4. The minimum Gasteiger partial charge on any atom is -0.394 e. The number of nitrogens with zero attached hydrogens (tertiary/aromatic N) is 3. The second-order valence-corrected chi connectivity index (χ2v) is 14.8. The molecule has 3 amide bonds. The van der Waals surface area contributed by atoms with Crippen LogP contribution in [0.3, 0.4) is 0 Å². The highest BCUT2D eigenvalue weighted by Crippen LogP contribution is 2.72. The molecule has 234 valence electrons. The van der Waals surface area contributed by atoms with Crippen molar-refractivity contribution in [1.29, 1.82) is 0 Å². The Morgan fingerprint density at radius 2 is 1.48 bits per heavy atom. The molecule has 1 spiro atoms. The Bertz CT molecular complexity index is 1380. The maximum Gasteiger partial charge on any atom is 0.247 e. The third kappa shape index (κ3) is 5.51. The lowest BCUT2D eigenvalue weighted by Crippen LogP contribution is -2.58. The largest absolute Gasteiger partial charge is 0.394 e. The number of hydrogen-bond acceptors (Lipinski definition) is 5. The molecule has 3 aliphatic rings. The molecule has 2 bridgehead atoms. The Labute approximate surface area is 266 Å². The molecule has 2 aromatic rings. The van der Waals surface area contributed by atoms with Crippen LogP contribution in [0.5, 0.6) is 0 Å². The summed E-state index contributed by atoms with van der Waals surface area (Å²) in [7, 11) is 0. The lowest BCUT2D eigenvalue weighted by molar-refractivity contribution is -0.148. The second kappa shape index (κ2) is 12.9. The maximum absolute atomic E-state index is 14.8. The van der Waals surface area contributed by atoms with E-state index in [1.54, 1.807) is 38.6 Å². The number of likely N-dealkylation sites (tertiary alicyclic amines) is 1. The molecule has 3 heterocycles. The summed E-state index contributed by atoms with van der Waals surface area (Å²) in [6.07, 6.45) is 4.83. The Morgan fingerprint density at radius 3 is 1.95 bits per heavy atom. The first-order valence-electron chi connectivity index (χ1n) is 15.6. The van der Waals surface area contributed by atoms with Gasteiger partial charge < -0.3 is 19.8 Å². The molecule has 3 fully saturated rings. The SMILES string of the molecule is C=CCN(Cc1ccccc1)C(=O)C1N([C@@H](CO)C(C)C)C(=O)[C@@H]2[C@H](C(=O)N(CC=C)Cc3ccccc3)[C@]3(C)CCC12S3. The molecule has 0 aromatic heterocycles. The summed E-state index contributed by atoms with van der Waals surface area (Å²) in [5.74, 6) is -1.76. The van der Waals surface area contributed by atoms with Gasteiger partial charge in [0.1, 0.15) is 6.04 Å². The summed E-state index contributed by atoms with van der Waals surface area (Å²) in [5, 5.41) is 10.6. The van der Waals surface area contributed by atoms with E-state index >= 15 is 0 Å². The van der Waals surface area contributed by atoms with Gasteiger partial charge in [0.2, 0.25) is 17.7 Å². The van der Waals surface area contributed by atoms with E-state index in [0.29, 0.717) is 32.6 Å². The standard InChI is InChI=1S/C36H45N3O4S/c1-6-20-37(22-26-14-10-8-11-15-26)32(41)29-30-33(42)39(28(24-40)25(3)4)31(36(30)19-18-35(29,5)44-36)34(43)38(21-7-2)23-27-16-12-9-13-17-27/h6-17,25,28-31,40H,1-2,18-24H2,3-5H3/t28-,29+,30-,31?,35-,36?/m0/s1. The van der Waals surface area contributed by atoms with Crippen molar-refractivity contribution in [3.63, 3.8) is 0 Å². The monoisotopic (exact) mass is 615 g/mol. The highest BCUT2D eigenvalue weighted by molar-refractivity contribution is 8.02. The Balaban J connectivity index is 1.57. The molecule has 0 aliphatic carbocycles. The number of aliphatic hydroxyl groups excluding tert-OH is 1. The molecule has 1 N–H and O–H groups in total. The zero-order valence-electron chi connectivity index (χ0n) is 26.1. The Hall–Kier alpha value is -3.36. The Morgan fingerprint density at radius 1 is 0.955 bits per heavy atom. The lowest BCUT2D eigenvalue weighted by atomic mass is 9.66. The van der Waals surface area contributed by atoms with E-state index in [9.17, 15) is 19.5 Å². The molecule has 3 saturated heterocycles. The summed E-state index contributed by atoms with van der Waals surface area (Å²) < 4.78 is -1.26. The van der Waals surface area contributed by atoms with Crippen molar-refractivity contribution < 1.29 is 19.5 Å². The van der Waals surface area contributed by atoms with Crippen molar-refractivity contribution in [3.05, 3.63) is 97.1 Å². The Kier molecular flexibility index (Phi) is 9.42. The van der Waals surface area contributed by atoms with Gasteiger partial charge in [0.25, 0.3) is 0 Å². The summed E-state index contributed by atoms with van der Waals surface area (Å²) in [5.41, 5.74) is 1.99. The summed E-state index contributed by atoms with van der Waals surface area (Å²) in [6, 6.07) is 18.3. The van der Waals surface area contributed by atoms with Crippen LogP contribution in [0.25, 0.3) is 0 Å². The van der Waals surface area contributed by atoms with Gasteiger partial charge in [-0.2, -0.15) is 0 Å². The minimum atomic E-state index is -0.796. The van der Waals surface area contributed by atoms with E-state index in [4.69, 9.17) is 0 Å². The number of carbonyl (C=O) groups excluding carboxylic acids is 3. The first-order valence-corrected chi connectivity index (χ1v) is 16.4. The normalized spacial score (nSPS) is 27.7. The number of amides is 3. The number of hydrogen-bond donors (Lipinski definition) is 1. The van der Waals surface area contributed by atoms with Crippen LogP contribution in [-0.4, -0.2) is 78.8 Å². The van der Waals surface area contributed by atoms with Crippen molar-refractivity contribution in [2.24, 2.45) is 17.8 Å². The minimum absolute atomic E-state index is 0.0749. The van der Waals surface area contributed by atoms with Crippen LogP contribution in [0.15, 0.2) is 86.0 Å². The molecule has 7 nitrogen and oxygen atoms in total. The van der Waals surface area contributed by atoms with Crippen molar-refractivity contribution in [3.8, 4) is 0 Å². The van der Waals surface area contributed by atoms with E-state index < -0.39 is 33.4 Å². The zero-order valence-corrected chi connectivity index (χ0v) is 26.9. The van der Waals surface area contributed by atoms with Crippen LogP contribution < -0.4 is 0 Å².